The number of likely N-dealkylation sites (tertiary alicyclic amines) is 1. The van der Waals surface area contributed by atoms with Crippen LogP contribution in [0.25, 0.3) is 0 Å². The topological polar surface area (TPSA) is 79.5 Å². The van der Waals surface area contributed by atoms with E-state index in [2.05, 4.69) is 17.1 Å². The second kappa shape index (κ2) is 5.95. The van der Waals surface area contributed by atoms with E-state index in [1.807, 2.05) is 0 Å². The van der Waals surface area contributed by atoms with E-state index in [0.29, 0.717) is 44.1 Å². The summed E-state index contributed by atoms with van der Waals surface area (Å²) in [6.07, 6.45) is 2.92. The van der Waals surface area contributed by atoms with Gasteiger partial charge in [-0.15, -0.1) is 0 Å². The summed E-state index contributed by atoms with van der Waals surface area (Å²) in [6.45, 7) is 3.15. The van der Waals surface area contributed by atoms with Crippen molar-refractivity contribution in [1.82, 2.24) is 15.0 Å². The third-order valence-electron chi connectivity index (χ3n) is 3.05. The lowest BCUT2D eigenvalue weighted by atomic mass is 10.2. The number of rotatable bonds is 5. The number of aromatic nitrogens is 2. The molecule has 0 aromatic carbocycles. The van der Waals surface area contributed by atoms with Crippen LogP contribution in [-0.2, 0) is 17.6 Å². The summed E-state index contributed by atoms with van der Waals surface area (Å²) < 4.78 is 5.07. The first-order valence-corrected chi connectivity index (χ1v) is 6.46. The summed E-state index contributed by atoms with van der Waals surface area (Å²) >= 11 is 0. The van der Waals surface area contributed by atoms with E-state index in [1.165, 1.54) is 0 Å². The molecule has 1 amide bonds. The Bertz CT molecular complexity index is 405. The summed E-state index contributed by atoms with van der Waals surface area (Å²) in [5.74, 6) is 1.27. The zero-order chi connectivity index (χ0) is 13.0. The highest BCUT2D eigenvalue weighted by atomic mass is 16.5. The number of aliphatic hydroxyl groups excluding tert-OH is 1. The quantitative estimate of drug-likeness (QED) is 0.829. The lowest BCUT2D eigenvalue weighted by Gasteiger charge is -2.14. The molecule has 0 bridgehead atoms. The molecule has 1 aliphatic heterocycles. The van der Waals surface area contributed by atoms with Crippen molar-refractivity contribution in [3.63, 3.8) is 0 Å². The highest BCUT2D eigenvalue weighted by Crippen LogP contribution is 2.11. The molecule has 0 saturated carbocycles. The third-order valence-corrected chi connectivity index (χ3v) is 3.05. The second-order valence-corrected chi connectivity index (χ2v) is 4.64. The van der Waals surface area contributed by atoms with Gasteiger partial charge in [0, 0.05) is 32.4 Å². The van der Waals surface area contributed by atoms with E-state index in [0.717, 1.165) is 12.8 Å². The van der Waals surface area contributed by atoms with E-state index in [4.69, 9.17) is 4.52 Å². The molecule has 1 aliphatic rings. The molecule has 6 nitrogen and oxygen atoms in total. The highest BCUT2D eigenvalue weighted by Gasteiger charge is 2.24. The minimum absolute atomic E-state index is 0.0433. The number of carbonyl (C=O) groups excluding carboxylic acids is 1. The van der Waals surface area contributed by atoms with Crippen molar-refractivity contribution in [1.29, 1.82) is 0 Å². The molecule has 1 saturated heterocycles. The maximum absolute atomic E-state index is 11.8. The summed E-state index contributed by atoms with van der Waals surface area (Å²) in [7, 11) is 0. The molecule has 1 atom stereocenters. The van der Waals surface area contributed by atoms with Crippen LogP contribution in [0.5, 0.6) is 0 Å². The van der Waals surface area contributed by atoms with Crippen molar-refractivity contribution in [2.24, 2.45) is 0 Å². The Balaban J connectivity index is 1.78. The van der Waals surface area contributed by atoms with Crippen molar-refractivity contribution in [2.75, 3.05) is 13.1 Å². The van der Waals surface area contributed by atoms with Crippen molar-refractivity contribution in [3.8, 4) is 0 Å². The SMILES string of the molecule is CCCc1noc(CCC(=O)N2CC[C@@H](O)C2)n1. The molecule has 0 aliphatic carbocycles. The number of nitrogens with zero attached hydrogens (tertiary/aromatic N) is 3. The van der Waals surface area contributed by atoms with Gasteiger partial charge in [0.25, 0.3) is 0 Å². The number of carbonyl (C=O) groups is 1. The molecular formula is C12H19N3O3. The highest BCUT2D eigenvalue weighted by molar-refractivity contribution is 5.76. The number of aryl methyl sites for hydroxylation is 2. The molecule has 2 rings (SSSR count). The predicted octanol–water partition coefficient (Wildman–Crippen LogP) is 0.548. The average molecular weight is 253 g/mol. The molecule has 1 aromatic rings. The first-order valence-electron chi connectivity index (χ1n) is 6.46. The zero-order valence-corrected chi connectivity index (χ0v) is 10.6. The van der Waals surface area contributed by atoms with Crippen LogP contribution in [0.1, 0.15) is 37.9 Å². The summed E-state index contributed by atoms with van der Waals surface area (Å²) in [5.41, 5.74) is 0. The van der Waals surface area contributed by atoms with Crippen LogP contribution in [0.2, 0.25) is 0 Å². The van der Waals surface area contributed by atoms with Gasteiger partial charge in [0.2, 0.25) is 11.8 Å². The smallest absolute Gasteiger partial charge is 0.227 e. The van der Waals surface area contributed by atoms with Crippen LogP contribution in [0, 0.1) is 0 Å². The number of amides is 1. The van der Waals surface area contributed by atoms with Crippen LogP contribution in [0.15, 0.2) is 4.52 Å². The first-order chi connectivity index (χ1) is 8.69. The Morgan fingerprint density at radius 2 is 2.39 bits per heavy atom. The van der Waals surface area contributed by atoms with Crippen LogP contribution in [0.3, 0.4) is 0 Å². The summed E-state index contributed by atoms with van der Waals surface area (Å²) in [5, 5.41) is 13.2. The first kappa shape index (κ1) is 13.0. The minimum Gasteiger partial charge on any atom is -0.391 e. The molecule has 100 valence electrons. The molecule has 1 N–H and O–H groups in total. The molecule has 0 radical (unpaired) electrons. The monoisotopic (exact) mass is 253 g/mol. The number of aliphatic hydroxyl groups is 1. The molecule has 6 heteroatoms. The van der Waals surface area contributed by atoms with Crippen LogP contribution < -0.4 is 0 Å². The molecule has 0 spiro atoms. The lowest BCUT2D eigenvalue weighted by Crippen LogP contribution is -2.29. The fourth-order valence-electron chi connectivity index (χ4n) is 2.06. The molecule has 0 unspecified atom stereocenters. The maximum atomic E-state index is 11.8. The Morgan fingerprint density at radius 1 is 1.56 bits per heavy atom. The van der Waals surface area contributed by atoms with Gasteiger partial charge in [-0.3, -0.25) is 4.79 Å². The van der Waals surface area contributed by atoms with Gasteiger partial charge in [0.1, 0.15) is 0 Å². The summed E-state index contributed by atoms with van der Waals surface area (Å²) in [6, 6.07) is 0. The standard InChI is InChI=1S/C12H19N3O3/c1-2-3-10-13-11(18-14-10)4-5-12(17)15-7-6-9(16)8-15/h9,16H,2-8H2,1H3/t9-/m1/s1. The Hall–Kier alpha value is -1.43. The normalized spacial score (nSPS) is 19.4. The Labute approximate surface area is 106 Å². The Morgan fingerprint density at radius 3 is 3.06 bits per heavy atom. The molecule has 1 fully saturated rings. The van der Waals surface area contributed by atoms with Gasteiger partial charge >= 0.3 is 0 Å². The van der Waals surface area contributed by atoms with Gasteiger partial charge in [-0.25, -0.2) is 0 Å². The van der Waals surface area contributed by atoms with E-state index in [-0.39, 0.29) is 12.0 Å². The fraction of sp³-hybridized carbons (Fsp3) is 0.750. The van der Waals surface area contributed by atoms with Gasteiger partial charge in [0.15, 0.2) is 5.82 Å². The molecular weight excluding hydrogens is 234 g/mol. The molecule has 18 heavy (non-hydrogen) atoms. The third kappa shape index (κ3) is 3.29. The van der Waals surface area contributed by atoms with Gasteiger partial charge in [-0.05, 0) is 12.8 Å². The van der Waals surface area contributed by atoms with Crippen molar-refractivity contribution in [2.45, 2.75) is 45.1 Å². The largest absolute Gasteiger partial charge is 0.391 e. The van der Waals surface area contributed by atoms with Gasteiger partial charge in [-0.2, -0.15) is 4.98 Å². The van der Waals surface area contributed by atoms with Crippen LogP contribution in [-0.4, -0.2) is 45.2 Å². The molecule has 1 aromatic heterocycles. The van der Waals surface area contributed by atoms with Crippen LogP contribution in [0.4, 0.5) is 0 Å². The lowest BCUT2D eigenvalue weighted by molar-refractivity contribution is -0.130. The van der Waals surface area contributed by atoms with Crippen molar-refractivity contribution < 1.29 is 14.4 Å². The number of β-amino-alcohol motifs (C(OH)–C–C–N with tert-alkyl or cyclic N) is 1. The van der Waals surface area contributed by atoms with Crippen LogP contribution >= 0.6 is 0 Å². The zero-order valence-electron chi connectivity index (χ0n) is 10.6. The Kier molecular flexibility index (Phi) is 4.30. The van der Waals surface area contributed by atoms with Crippen molar-refractivity contribution >= 4 is 5.91 Å². The van der Waals surface area contributed by atoms with Gasteiger partial charge in [0.05, 0.1) is 6.10 Å². The van der Waals surface area contributed by atoms with E-state index < -0.39 is 0 Å². The van der Waals surface area contributed by atoms with E-state index in [9.17, 15) is 9.90 Å². The fourth-order valence-corrected chi connectivity index (χ4v) is 2.06. The second-order valence-electron chi connectivity index (χ2n) is 4.64. The van der Waals surface area contributed by atoms with Gasteiger partial charge in [-0.1, -0.05) is 12.1 Å². The van der Waals surface area contributed by atoms with E-state index >= 15 is 0 Å². The predicted molar refractivity (Wildman–Crippen MR) is 63.8 cm³/mol. The average Bonchev–Trinajstić information content (AvgIpc) is 2.96. The maximum Gasteiger partial charge on any atom is 0.227 e. The summed E-state index contributed by atoms with van der Waals surface area (Å²) in [4.78, 5) is 17.7. The molecule has 2 heterocycles. The van der Waals surface area contributed by atoms with Gasteiger partial charge < -0.3 is 14.5 Å². The number of hydrogen-bond donors (Lipinski definition) is 1. The number of hydrogen-bond acceptors (Lipinski definition) is 5. The van der Waals surface area contributed by atoms with Crippen molar-refractivity contribution in [3.05, 3.63) is 11.7 Å². The minimum atomic E-state index is -0.367. The van der Waals surface area contributed by atoms with E-state index in [1.54, 1.807) is 4.90 Å².